The number of imidazole rings is 1. The van der Waals surface area contributed by atoms with E-state index in [0.717, 1.165) is 50.2 Å². The molecule has 63 heavy (non-hydrogen) atoms. The van der Waals surface area contributed by atoms with Crippen molar-refractivity contribution in [2.75, 3.05) is 6.61 Å². The van der Waals surface area contributed by atoms with Crippen LogP contribution in [0.5, 0.6) is 17.2 Å². The van der Waals surface area contributed by atoms with Crippen molar-refractivity contribution in [2.45, 2.75) is 58.0 Å². The monoisotopic (exact) mass is 881 g/mol. The predicted molar refractivity (Wildman–Crippen MR) is 238 cm³/mol. The molecule has 3 atom stereocenters. The summed E-state index contributed by atoms with van der Waals surface area (Å²) in [5.74, 6) is -0.580. The SMILES string of the molecule is Cc1nccc(-c2ccc(CC(NC(=O)C3Cc4cc5c(cc4CN3C(=O)c3cn4ccccc4n3)OC(c3ccc(OCc4ccc(Cl)c(Cl)c4)cc3)CO5)C(=O)O)cc2)c1C. The van der Waals surface area contributed by atoms with Crippen molar-refractivity contribution >= 4 is 46.6 Å². The van der Waals surface area contributed by atoms with Gasteiger partial charge in [0.1, 0.15) is 42.4 Å². The van der Waals surface area contributed by atoms with Crippen LogP contribution in [0, 0.1) is 13.8 Å². The lowest BCUT2D eigenvalue weighted by atomic mass is 9.91. The highest BCUT2D eigenvalue weighted by Gasteiger charge is 2.39. The Morgan fingerprint density at radius 1 is 0.905 bits per heavy atom. The van der Waals surface area contributed by atoms with Gasteiger partial charge < -0.3 is 33.9 Å². The highest BCUT2D eigenvalue weighted by molar-refractivity contribution is 6.42. The zero-order valence-corrected chi connectivity index (χ0v) is 35.8. The molecule has 2 amide bonds. The summed E-state index contributed by atoms with van der Waals surface area (Å²) < 4.78 is 20.4. The molecule has 4 aromatic carbocycles. The van der Waals surface area contributed by atoms with Gasteiger partial charge in [-0.2, -0.15) is 0 Å². The first kappa shape index (κ1) is 41.5. The van der Waals surface area contributed by atoms with Crippen LogP contribution < -0.4 is 19.5 Å². The summed E-state index contributed by atoms with van der Waals surface area (Å²) in [6, 6.07) is 29.3. The third-order valence-corrected chi connectivity index (χ3v) is 12.4. The van der Waals surface area contributed by atoms with E-state index >= 15 is 0 Å². The average Bonchev–Trinajstić information content (AvgIpc) is 3.74. The lowest BCUT2D eigenvalue weighted by Gasteiger charge is -2.37. The van der Waals surface area contributed by atoms with Crippen LogP contribution >= 0.6 is 23.2 Å². The van der Waals surface area contributed by atoms with Gasteiger partial charge in [-0.25, -0.2) is 9.78 Å². The van der Waals surface area contributed by atoms with Gasteiger partial charge >= 0.3 is 5.97 Å². The number of halogens is 2. The Morgan fingerprint density at radius 3 is 2.44 bits per heavy atom. The summed E-state index contributed by atoms with van der Waals surface area (Å²) in [7, 11) is 0. The highest BCUT2D eigenvalue weighted by atomic mass is 35.5. The molecule has 2 N–H and O–H groups in total. The number of carbonyl (C=O) groups excluding carboxylic acids is 2. The first-order chi connectivity index (χ1) is 30.5. The van der Waals surface area contributed by atoms with Crippen LogP contribution in [0.25, 0.3) is 16.8 Å². The fourth-order valence-corrected chi connectivity index (χ4v) is 8.32. The lowest BCUT2D eigenvalue weighted by Crippen LogP contribution is -2.56. The second-order valence-electron chi connectivity index (χ2n) is 15.7. The molecule has 2 aliphatic rings. The van der Waals surface area contributed by atoms with E-state index in [9.17, 15) is 19.5 Å². The molecule has 14 heteroatoms. The second kappa shape index (κ2) is 17.5. The Kier molecular flexibility index (Phi) is 11.5. The molecule has 0 spiro atoms. The van der Waals surface area contributed by atoms with Gasteiger partial charge in [-0.05, 0) is 113 Å². The number of benzene rings is 4. The standard InChI is InChI=1S/C49H41Cl2N5O7/c1-28-29(2)52-17-16-37(28)32-9-6-30(7-10-32)20-40(49(59)60)54-47(57)42-21-34-22-43-44(23-35(34)24-56(42)48(58)41-25-55-18-4-3-5-46(55)53-41)63-45(27-62-43)33-11-13-36(14-12-33)61-26-31-8-15-38(50)39(51)19-31/h3-19,22-23,25,40,42,45H,20-21,24,26-27H2,1-2H3,(H,54,57)(H,59,60). The van der Waals surface area contributed by atoms with Crippen LogP contribution in [0.15, 0.2) is 122 Å². The van der Waals surface area contributed by atoms with Crippen molar-refractivity contribution in [1.29, 1.82) is 0 Å². The van der Waals surface area contributed by atoms with Gasteiger partial charge in [0.25, 0.3) is 5.91 Å². The highest BCUT2D eigenvalue weighted by Crippen LogP contribution is 2.41. The third-order valence-electron chi connectivity index (χ3n) is 11.6. The minimum absolute atomic E-state index is 0.0354. The lowest BCUT2D eigenvalue weighted by molar-refractivity contribution is -0.142. The molecular formula is C49H41Cl2N5O7. The molecule has 5 heterocycles. The number of pyridine rings is 2. The number of aliphatic carboxylic acids is 1. The molecule has 0 aliphatic carbocycles. The maximum atomic E-state index is 14.4. The Bertz CT molecular complexity index is 2850. The number of hydrogen-bond donors (Lipinski definition) is 2. The Hall–Kier alpha value is -6.89. The van der Waals surface area contributed by atoms with Gasteiger partial charge in [-0.15, -0.1) is 0 Å². The molecule has 12 nitrogen and oxygen atoms in total. The molecule has 9 rings (SSSR count). The third kappa shape index (κ3) is 8.77. The molecule has 0 bridgehead atoms. The van der Waals surface area contributed by atoms with Crippen molar-refractivity contribution in [1.82, 2.24) is 24.6 Å². The molecule has 318 valence electrons. The van der Waals surface area contributed by atoms with Crippen molar-refractivity contribution in [2.24, 2.45) is 0 Å². The summed E-state index contributed by atoms with van der Waals surface area (Å²) in [5.41, 5.74) is 8.77. The van der Waals surface area contributed by atoms with E-state index in [4.69, 9.17) is 37.4 Å². The van der Waals surface area contributed by atoms with Gasteiger partial charge in [0.05, 0.1) is 10.0 Å². The van der Waals surface area contributed by atoms with Gasteiger partial charge in [0.15, 0.2) is 17.6 Å². The minimum Gasteiger partial charge on any atom is -0.489 e. The van der Waals surface area contributed by atoms with Crippen LogP contribution in [-0.4, -0.2) is 60.8 Å². The largest absolute Gasteiger partial charge is 0.489 e. The Balaban J connectivity index is 0.935. The summed E-state index contributed by atoms with van der Waals surface area (Å²) in [4.78, 5) is 51.7. The van der Waals surface area contributed by atoms with Crippen LogP contribution in [0.3, 0.4) is 0 Å². The van der Waals surface area contributed by atoms with Gasteiger partial charge in [0, 0.05) is 43.7 Å². The van der Waals surface area contributed by atoms with E-state index in [-0.39, 0.29) is 31.7 Å². The molecule has 3 unspecified atom stereocenters. The molecule has 0 saturated carbocycles. The van der Waals surface area contributed by atoms with Crippen LogP contribution in [0.1, 0.15) is 55.7 Å². The predicted octanol–water partition coefficient (Wildman–Crippen LogP) is 8.79. The van der Waals surface area contributed by atoms with Crippen molar-refractivity contribution in [3.05, 3.63) is 177 Å². The number of amides is 2. The van der Waals surface area contributed by atoms with Crippen LogP contribution in [-0.2, 0) is 35.6 Å². The smallest absolute Gasteiger partial charge is 0.326 e. The molecule has 3 aromatic heterocycles. The van der Waals surface area contributed by atoms with Crippen molar-refractivity contribution in [3.8, 4) is 28.4 Å². The number of ether oxygens (including phenoxy) is 3. The average molecular weight is 883 g/mol. The number of fused-ring (bicyclic) bond motifs is 3. The number of carboxylic acid groups (broad SMARTS) is 1. The zero-order valence-electron chi connectivity index (χ0n) is 34.3. The van der Waals surface area contributed by atoms with E-state index in [1.54, 1.807) is 41.2 Å². The van der Waals surface area contributed by atoms with Gasteiger partial charge in [0.2, 0.25) is 5.91 Å². The minimum atomic E-state index is -1.26. The topological polar surface area (TPSA) is 145 Å². The Labute approximate surface area is 373 Å². The van der Waals surface area contributed by atoms with Crippen LogP contribution in [0.2, 0.25) is 10.0 Å². The molecule has 0 saturated heterocycles. The zero-order chi connectivity index (χ0) is 43.8. The molecule has 2 aliphatic heterocycles. The number of nitrogens with one attached hydrogen (secondary N) is 1. The number of aryl methyl sites for hydroxylation is 1. The quantitative estimate of drug-likeness (QED) is 0.130. The molecule has 0 radical (unpaired) electrons. The van der Waals surface area contributed by atoms with E-state index in [1.165, 1.54) is 4.90 Å². The number of carboxylic acids is 1. The molecule has 7 aromatic rings. The normalized spacial score (nSPS) is 16.0. The summed E-state index contributed by atoms with van der Waals surface area (Å²) in [6.07, 6.45) is 4.89. The first-order valence-corrected chi connectivity index (χ1v) is 21.1. The van der Waals surface area contributed by atoms with E-state index in [2.05, 4.69) is 15.3 Å². The second-order valence-corrected chi connectivity index (χ2v) is 16.5. The first-order valence-electron chi connectivity index (χ1n) is 20.4. The summed E-state index contributed by atoms with van der Waals surface area (Å²) in [6.45, 7) is 4.57. The number of carbonyl (C=O) groups is 3. The Morgan fingerprint density at radius 2 is 1.68 bits per heavy atom. The van der Waals surface area contributed by atoms with Crippen molar-refractivity contribution in [3.63, 3.8) is 0 Å². The molecule has 0 fully saturated rings. The number of hydrogen-bond acceptors (Lipinski definition) is 8. The van der Waals surface area contributed by atoms with Crippen molar-refractivity contribution < 1.29 is 33.7 Å². The summed E-state index contributed by atoms with van der Waals surface area (Å²) in [5, 5.41) is 14.1. The number of rotatable bonds is 11. The van der Waals surface area contributed by atoms with Gasteiger partial charge in [-0.3, -0.25) is 14.6 Å². The fraction of sp³-hybridized carbons (Fsp3) is 0.204. The maximum absolute atomic E-state index is 14.4. The maximum Gasteiger partial charge on any atom is 0.326 e. The molecular weight excluding hydrogens is 841 g/mol. The number of aromatic nitrogens is 3. The van der Waals surface area contributed by atoms with Crippen LogP contribution in [0.4, 0.5) is 0 Å². The summed E-state index contributed by atoms with van der Waals surface area (Å²) >= 11 is 12.2. The van der Waals surface area contributed by atoms with Gasteiger partial charge in [-0.1, -0.05) is 71.7 Å². The van der Waals surface area contributed by atoms with E-state index in [0.29, 0.717) is 39.5 Å². The van der Waals surface area contributed by atoms with E-state index < -0.39 is 36.0 Å². The van der Waals surface area contributed by atoms with E-state index in [1.807, 2.05) is 98.8 Å². The fourth-order valence-electron chi connectivity index (χ4n) is 8.00. The number of nitrogens with zero attached hydrogens (tertiary/aromatic N) is 4.